The van der Waals surface area contributed by atoms with Gasteiger partial charge in [-0.1, -0.05) is 35.9 Å². The topological polar surface area (TPSA) is 47.6 Å². The maximum atomic E-state index is 12.5. The Bertz CT molecular complexity index is 739. The van der Waals surface area contributed by atoms with Crippen molar-refractivity contribution in [3.05, 3.63) is 64.7 Å². The van der Waals surface area contributed by atoms with Crippen molar-refractivity contribution in [2.45, 2.75) is 24.7 Å². The number of ether oxygens (including phenoxy) is 2. The molecule has 5 heteroatoms. The van der Waals surface area contributed by atoms with Crippen LogP contribution >= 0.6 is 11.6 Å². The Morgan fingerprint density at radius 2 is 1.92 bits per heavy atom. The largest absolute Gasteiger partial charge is 0.497 e. The molecular weight excluding hydrogens is 350 g/mol. The van der Waals surface area contributed by atoms with Crippen LogP contribution in [0, 0.1) is 0 Å². The highest BCUT2D eigenvalue weighted by Gasteiger charge is 2.35. The Morgan fingerprint density at radius 3 is 2.58 bits per heavy atom. The number of benzene rings is 2. The number of carbonyl (C=O) groups excluding carboxylic acids is 1. The third-order valence-corrected chi connectivity index (χ3v) is 5.27. The Labute approximate surface area is 159 Å². The maximum Gasteiger partial charge on any atom is 0.224 e. The van der Waals surface area contributed by atoms with Crippen LogP contribution in [0.1, 0.15) is 24.0 Å². The summed E-state index contributed by atoms with van der Waals surface area (Å²) in [6.07, 6.45) is 2.10. The van der Waals surface area contributed by atoms with E-state index in [-0.39, 0.29) is 11.3 Å². The van der Waals surface area contributed by atoms with Gasteiger partial charge in [0.15, 0.2) is 0 Å². The van der Waals surface area contributed by atoms with Gasteiger partial charge in [0.2, 0.25) is 5.91 Å². The minimum atomic E-state index is -0.126. The molecule has 1 saturated heterocycles. The second-order valence-corrected chi connectivity index (χ2v) is 7.14. The molecule has 1 N–H and O–H groups in total. The Balaban J connectivity index is 1.66. The van der Waals surface area contributed by atoms with Gasteiger partial charge in [-0.25, -0.2) is 0 Å². The van der Waals surface area contributed by atoms with E-state index in [9.17, 15) is 4.79 Å². The molecule has 2 aromatic carbocycles. The lowest BCUT2D eigenvalue weighted by Crippen LogP contribution is -2.45. The quantitative estimate of drug-likeness (QED) is 0.838. The SMILES string of the molecule is COc1ccc(CC(=O)NCC2(c3cccc(Cl)c3)CCOCC2)cc1. The molecule has 1 aliphatic rings. The van der Waals surface area contributed by atoms with Crippen molar-refractivity contribution in [1.29, 1.82) is 0 Å². The van der Waals surface area contributed by atoms with Gasteiger partial charge >= 0.3 is 0 Å². The van der Waals surface area contributed by atoms with Crippen LogP contribution in [0.2, 0.25) is 5.02 Å². The second kappa shape index (κ2) is 8.56. The van der Waals surface area contributed by atoms with Crippen LogP contribution in [0.15, 0.2) is 48.5 Å². The van der Waals surface area contributed by atoms with Crippen molar-refractivity contribution in [2.24, 2.45) is 0 Å². The maximum absolute atomic E-state index is 12.5. The van der Waals surface area contributed by atoms with Crippen LogP contribution in [0.4, 0.5) is 0 Å². The summed E-state index contributed by atoms with van der Waals surface area (Å²) in [6.45, 7) is 1.98. The summed E-state index contributed by atoms with van der Waals surface area (Å²) in [6, 6.07) is 15.5. The molecule has 1 aliphatic heterocycles. The fourth-order valence-corrected chi connectivity index (χ4v) is 3.60. The fraction of sp³-hybridized carbons (Fsp3) is 0.381. The first kappa shape index (κ1) is 18.7. The van der Waals surface area contributed by atoms with Crippen LogP contribution < -0.4 is 10.1 Å². The van der Waals surface area contributed by atoms with Crippen molar-refractivity contribution < 1.29 is 14.3 Å². The number of hydrogen-bond donors (Lipinski definition) is 1. The van der Waals surface area contributed by atoms with E-state index in [1.54, 1.807) is 7.11 Å². The normalized spacial score (nSPS) is 16.1. The van der Waals surface area contributed by atoms with Gasteiger partial charge in [-0.15, -0.1) is 0 Å². The van der Waals surface area contributed by atoms with Crippen molar-refractivity contribution in [1.82, 2.24) is 5.32 Å². The lowest BCUT2D eigenvalue weighted by atomic mass is 9.74. The summed E-state index contributed by atoms with van der Waals surface area (Å²) in [4.78, 5) is 12.5. The molecule has 2 aromatic rings. The zero-order valence-corrected chi connectivity index (χ0v) is 15.7. The van der Waals surface area contributed by atoms with E-state index < -0.39 is 0 Å². The summed E-state index contributed by atoms with van der Waals surface area (Å²) in [7, 11) is 1.63. The highest BCUT2D eigenvalue weighted by Crippen LogP contribution is 2.35. The van der Waals surface area contributed by atoms with Gasteiger partial charge < -0.3 is 14.8 Å². The van der Waals surface area contributed by atoms with Gasteiger partial charge in [-0.05, 0) is 48.2 Å². The van der Waals surface area contributed by atoms with Crippen LogP contribution in [0.25, 0.3) is 0 Å². The van der Waals surface area contributed by atoms with E-state index in [2.05, 4.69) is 11.4 Å². The number of hydrogen-bond acceptors (Lipinski definition) is 3. The van der Waals surface area contributed by atoms with Gasteiger partial charge in [0.1, 0.15) is 5.75 Å². The van der Waals surface area contributed by atoms with E-state index in [0.717, 1.165) is 34.7 Å². The first-order chi connectivity index (χ1) is 12.6. The molecule has 0 aliphatic carbocycles. The monoisotopic (exact) mass is 373 g/mol. The van der Waals surface area contributed by atoms with E-state index in [1.165, 1.54) is 0 Å². The van der Waals surface area contributed by atoms with Gasteiger partial charge in [0, 0.05) is 30.2 Å². The predicted molar refractivity (Wildman–Crippen MR) is 103 cm³/mol. The average Bonchev–Trinajstić information content (AvgIpc) is 2.68. The van der Waals surface area contributed by atoms with E-state index in [1.807, 2.05) is 42.5 Å². The lowest BCUT2D eigenvalue weighted by molar-refractivity contribution is -0.120. The zero-order valence-electron chi connectivity index (χ0n) is 15.0. The zero-order chi connectivity index (χ0) is 18.4. The predicted octanol–water partition coefficient (Wildman–Crippen LogP) is 3.76. The highest BCUT2D eigenvalue weighted by atomic mass is 35.5. The van der Waals surface area contributed by atoms with Crippen molar-refractivity contribution in [2.75, 3.05) is 26.9 Å². The summed E-state index contributed by atoms with van der Waals surface area (Å²) in [5, 5.41) is 3.84. The Morgan fingerprint density at radius 1 is 1.19 bits per heavy atom. The first-order valence-electron chi connectivity index (χ1n) is 8.85. The molecule has 0 bridgehead atoms. The number of methoxy groups -OCH3 is 1. The van der Waals surface area contributed by atoms with Crippen molar-refractivity contribution >= 4 is 17.5 Å². The number of halogens is 1. The molecular formula is C21H24ClNO3. The standard InChI is InChI=1S/C21H24ClNO3/c1-25-19-7-5-16(6-8-19)13-20(24)23-15-21(9-11-26-12-10-21)17-3-2-4-18(22)14-17/h2-8,14H,9-13,15H2,1H3,(H,23,24). The molecule has 3 rings (SSSR count). The number of amides is 1. The third kappa shape index (κ3) is 4.57. The first-order valence-corrected chi connectivity index (χ1v) is 9.22. The third-order valence-electron chi connectivity index (χ3n) is 5.03. The van der Waals surface area contributed by atoms with Crippen molar-refractivity contribution in [3.8, 4) is 5.75 Å². The van der Waals surface area contributed by atoms with Crippen LogP contribution in [-0.2, 0) is 21.4 Å². The number of rotatable bonds is 6. The number of carbonyl (C=O) groups is 1. The molecule has 1 fully saturated rings. The number of nitrogens with one attached hydrogen (secondary N) is 1. The smallest absolute Gasteiger partial charge is 0.224 e. The summed E-state index contributed by atoms with van der Waals surface area (Å²) in [5.41, 5.74) is 2.00. The van der Waals surface area contributed by atoms with Crippen LogP contribution in [0.3, 0.4) is 0 Å². The van der Waals surface area contributed by atoms with Gasteiger partial charge in [-0.3, -0.25) is 4.79 Å². The summed E-state index contributed by atoms with van der Waals surface area (Å²) < 4.78 is 10.7. The Kier molecular flexibility index (Phi) is 6.17. The van der Waals surface area contributed by atoms with E-state index >= 15 is 0 Å². The molecule has 0 aromatic heterocycles. The highest BCUT2D eigenvalue weighted by molar-refractivity contribution is 6.30. The van der Waals surface area contributed by atoms with Gasteiger partial charge in [-0.2, -0.15) is 0 Å². The van der Waals surface area contributed by atoms with Crippen molar-refractivity contribution in [3.63, 3.8) is 0 Å². The molecule has 1 amide bonds. The molecule has 0 unspecified atom stereocenters. The summed E-state index contributed by atoms with van der Waals surface area (Å²) in [5.74, 6) is 0.805. The fourth-order valence-electron chi connectivity index (χ4n) is 3.41. The van der Waals surface area contributed by atoms with E-state index in [4.69, 9.17) is 21.1 Å². The molecule has 26 heavy (non-hydrogen) atoms. The molecule has 0 atom stereocenters. The van der Waals surface area contributed by atoms with Crippen LogP contribution in [-0.4, -0.2) is 32.8 Å². The summed E-state index contributed by atoms with van der Waals surface area (Å²) >= 11 is 6.19. The van der Waals surface area contributed by atoms with Gasteiger partial charge in [0.25, 0.3) is 0 Å². The van der Waals surface area contributed by atoms with Crippen LogP contribution in [0.5, 0.6) is 5.75 Å². The lowest BCUT2D eigenvalue weighted by Gasteiger charge is -2.38. The molecule has 0 radical (unpaired) electrons. The molecule has 0 saturated carbocycles. The molecule has 138 valence electrons. The molecule has 0 spiro atoms. The molecule has 4 nitrogen and oxygen atoms in total. The molecule has 1 heterocycles. The Hall–Kier alpha value is -2.04. The minimum Gasteiger partial charge on any atom is -0.497 e. The average molecular weight is 374 g/mol. The second-order valence-electron chi connectivity index (χ2n) is 6.70. The minimum absolute atomic E-state index is 0.0167. The van der Waals surface area contributed by atoms with Gasteiger partial charge in [0.05, 0.1) is 13.5 Å². The van der Waals surface area contributed by atoms with E-state index in [0.29, 0.717) is 26.2 Å².